The van der Waals surface area contributed by atoms with Crippen LogP contribution in [-0.2, 0) is 19.6 Å². The third-order valence-electron chi connectivity index (χ3n) is 4.73. The maximum atomic E-state index is 13.2. The van der Waals surface area contributed by atoms with E-state index in [2.05, 4.69) is 29.4 Å². The van der Waals surface area contributed by atoms with Crippen molar-refractivity contribution in [3.63, 3.8) is 0 Å². The van der Waals surface area contributed by atoms with Crippen LogP contribution in [-0.4, -0.2) is 20.9 Å². The number of nitrogens with zero attached hydrogens (tertiary/aromatic N) is 3. The van der Waals surface area contributed by atoms with Gasteiger partial charge in [0.2, 0.25) is 0 Å². The maximum Gasteiger partial charge on any atom is 0.269 e. The first-order chi connectivity index (χ1) is 13.9. The second-order valence-electron chi connectivity index (χ2n) is 7.74. The van der Waals surface area contributed by atoms with E-state index >= 15 is 0 Å². The molecule has 0 aliphatic heterocycles. The molecule has 0 amide bonds. The minimum absolute atomic E-state index is 0.117. The SMILES string of the molecule is CC(C)CN(Cc1cccc([N+](=O)[O-])c1)Cc1cccn1Cc1ccc(F)cc1. The second kappa shape index (κ2) is 9.47. The highest BCUT2D eigenvalue weighted by atomic mass is 19.1. The molecule has 152 valence electrons. The Hall–Kier alpha value is -2.99. The Morgan fingerprint density at radius 2 is 1.79 bits per heavy atom. The van der Waals surface area contributed by atoms with Crippen molar-refractivity contribution < 1.29 is 9.31 Å². The molecule has 0 saturated heterocycles. The van der Waals surface area contributed by atoms with Crippen LogP contribution in [0.25, 0.3) is 0 Å². The van der Waals surface area contributed by atoms with Crippen LogP contribution >= 0.6 is 0 Å². The average molecular weight is 395 g/mol. The highest BCUT2D eigenvalue weighted by molar-refractivity contribution is 5.34. The molecule has 0 bridgehead atoms. The summed E-state index contributed by atoms with van der Waals surface area (Å²) in [7, 11) is 0. The van der Waals surface area contributed by atoms with Gasteiger partial charge in [-0.15, -0.1) is 0 Å². The summed E-state index contributed by atoms with van der Waals surface area (Å²) in [5, 5.41) is 11.1. The molecular formula is C23H26FN3O2. The van der Waals surface area contributed by atoms with Crippen molar-refractivity contribution in [1.29, 1.82) is 0 Å². The molecule has 0 unspecified atom stereocenters. The van der Waals surface area contributed by atoms with E-state index in [0.29, 0.717) is 19.0 Å². The van der Waals surface area contributed by atoms with E-state index in [1.165, 1.54) is 18.2 Å². The van der Waals surface area contributed by atoms with E-state index in [0.717, 1.165) is 29.9 Å². The third-order valence-corrected chi connectivity index (χ3v) is 4.73. The monoisotopic (exact) mass is 395 g/mol. The molecule has 0 atom stereocenters. The van der Waals surface area contributed by atoms with Gasteiger partial charge in [0.25, 0.3) is 5.69 Å². The summed E-state index contributed by atoms with van der Waals surface area (Å²) in [6.07, 6.45) is 2.03. The zero-order valence-corrected chi connectivity index (χ0v) is 16.8. The molecule has 0 N–H and O–H groups in total. The second-order valence-corrected chi connectivity index (χ2v) is 7.74. The molecule has 5 nitrogen and oxygen atoms in total. The van der Waals surface area contributed by atoms with Crippen LogP contribution < -0.4 is 0 Å². The molecule has 29 heavy (non-hydrogen) atoms. The van der Waals surface area contributed by atoms with Crippen LogP contribution in [0.15, 0.2) is 66.9 Å². The lowest BCUT2D eigenvalue weighted by molar-refractivity contribution is -0.384. The predicted octanol–water partition coefficient (Wildman–Crippen LogP) is 5.24. The van der Waals surface area contributed by atoms with Crippen LogP contribution in [0.5, 0.6) is 0 Å². The lowest BCUT2D eigenvalue weighted by atomic mass is 10.1. The average Bonchev–Trinajstić information content (AvgIpc) is 3.10. The first-order valence-electron chi connectivity index (χ1n) is 9.75. The van der Waals surface area contributed by atoms with Crippen LogP contribution in [0.4, 0.5) is 10.1 Å². The number of halogens is 1. The fourth-order valence-electron chi connectivity index (χ4n) is 3.49. The van der Waals surface area contributed by atoms with Crippen molar-refractivity contribution in [2.45, 2.75) is 33.5 Å². The molecule has 0 aliphatic rings. The van der Waals surface area contributed by atoms with Crippen molar-refractivity contribution in [2.24, 2.45) is 5.92 Å². The zero-order chi connectivity index (χ0) is 20.8. The molecule has 3 aromatic rings. The molecule has 1 aromatic heterocycles. The minimum atomic E-state index is -0.357. The highest BCUT2D eigenvalue weighted by Crippen LogP contribution is 2.18. The Kier molecular flexibility index (Phi) is 6.77. The minimum Gasteiger partial charge on any atom is -0.346 e. The molecule has 2 aromatic carbocycles. The van der Waals surface area contributed by atoms with Crippen molar-refractivity contribution >= 4 is 5.69 Å². The number of hydrogen-bond acceptors (Lipinski definition) is 3. The molecule has 0 radical (unpaired) electrons. The number of nitro benzene ring substituents is 1. The van der Waals surface area contributed by atoms with Gasteiger partial charge in [-0.1, -0.05) is 38.1 Å². The van der Waals surface area contributed by atoms with Gasteiger partial charge < -0.3 is 4.57 Å². The van der Waals surface area contributed by atoms with Gasteiger partial charge in [0.05, 0.1) is 4.92 Å². The Morgan fingerprint density at radius 1 is 1.03 bits per heavy atom. The van der Waals surface area contributed by atoms with Gasteiger partial charge >= 0.3 is 0 Å². The Balaban J connectivity index is 1.75. The standard InChI is InChI=1S/C23H26FN3O2/c1-18(2)14-25(15-20-5-3-6-22(13-20)27(28)29)17-23-7-4-12-26(23)16-19-8-10-21(24)11-9-19/h3-13,18H,14-17H2,1-2H3. The van der Waals surface area contributed by atoms with E-state index in [1.807, 2.05) is 18.3 Å². The molecule has 3 rings (SSSR count). The number of rotatable bonds is 9. The van der Waals surface area contributed by atoms with E-state index in [1.54, 1.807) is 24.3 Å². The fourth-order valence-corrected chi connectivity index (χ4v) is 3.49. The molecule has 0 spiro atoms. The molecular weight excluding hydrogens is 369 g/mol. The van der Waals surface area contributed by atoms with Crippen LogP contribution in [0.1, 0.15) is 30.7 Å². The van der Waals surface area contributed by atoms with Gasteiger partial charge in [0.15, 0.2) is 0 Å². The van der Waals surface area contributed by atoms with Gasteiger partial charge in [0, 0.05) is 50.2 Å². The first kappa shape index (κ1) is 20.7. The van der Waals surface area contributed by atoms with Crippen molar-refractivity contribution in [3.05, 3.63) is 99.6 Å². The van der Waals surface area contributed by atoms with Gasteiger partial charge in [-0.2, -0.15) is 0 Å². The molecule has 6 heteroatoms. The molecule has 0 aliphatic carbocycles. The van der Waals surface area contributed by atoms with Crippen molar-refractivity contribution in [3.8, 4) is 0 Å². The number of nitro groups is 1. The van der Waals surface area contributed by atoms with Crippen molar-refractivity contribution in [1.82, 2.24) is 9.47 Å². The lowest BCUT2D eigenvalue weighted by Gasteiger charge is -2.25. The summed E-state index contributed by atoms with van der Waals surface area (Å²) in [6, 6.07) is 17.5. The molecule has 0 fully saturated rings. The predicted molar refractivity (Wildman–Crippen MR) is 112 cm³/mol. The third kappa shape index (κ3) is 5.99. The lowest BCUT2D eigenvalue weighted by Crippen LogP contribution is -2.28. The van der Waals surface area contributed by atoms with Crippen LogP contribution in [0, 0.1) is 21.8 Å². The first-order valence-corrected chi connectivity index (χ1v) is 9.75. The number of aromatic nitrogens is 1. The summed E-state index contributed by atoms with van der Waals surface area (Å²) >= 11 is 0. The van der Waals surface area contributed by atoms with Gasteiger partial charge in [-0.25, -0.2) is 4.39 Å². The van der Waals surface area contributed by atoms with Crippen molar-refractivity contribution in [2.75, 3.05) is 6.54 Å². The Bertz CT molecular complexity index is 951. The molecule has 0 saturated carbocycles. The van der Waals surface area contributed by atoms with Gasteiger partial charge in [0.1, 0.15) is 5.82 Å². The van der Waals surface area contributed by atoms with Gasteiger partial charge in [-0.3, -0.25) is 15.0 Å². The quantitative estimate of drug-likeness (QED) is 0.368. The maximum absolute atomic E-state index is 13.2. The fraction of sp³-hybridized carbons (Fsp3) is 0.304. The Morgan fingerprint density at radius 3 is 2.48 bits per heavy atom. The smallest absolute Gasteiger partial charge is 0.269 e. The Labute approximate surface area is 170 Å². The summed E-state index contributed by atoms with van der Waals surface area (Å²) < 4.78 is 15.3. The van der Waals surface area contributed by atoms with E-state index in [4.69, 9.17) is 0 Å². The number of non-ortho nitro benzene ring substituents is 1. The van der Waals surface area contributed by atoms with E-state index in [-0.39, 0.29) is 16.4 Å². The summed E-state index contributed by atoms with van der Waals surface area (Å²) in [5.41, 5.74) is 3.24. The van der Waals surface area contributed by atoms with Crippen LogP contribution in [0.2, 0.25) is 0 Å². The largest absolute Gasteiger partial charge is 0.346 e. The van der Waals surface area contributed by atoms with E-state index < -0.39 is 0 Å². The summed E-state index contributed by atoms with van der Waals surface area (Å²) in [5.74, 6) is 0.232. The molecule has 1 heterocycles. The topological polar surface area (TPSA) is 51.3 Å². The summed E-state index contributed by atoms with van der Waals surface area (Å²) in [6.45, 7) is 7.26. The summed E-state index contributed by atoms with van der Waals surface area (Å²) in [4.78, 5) is 13.0. The normalized spacial score (nSPS) is 11.3. The van der Waals surface area contributed by atoms with E-state index in [9.17, 15) is 14.5 Å². The van der Waals surface area contributed by atoms with Gasteiger partial charge in [-0.05, 0) is 41.3 Å². The zero-order valence-electron chi connectivity index (χ0n) is 16.8. The number of hydrogen-bond donors (Lipinski definition) is 0. The highest BCUT2D eigenvalue weighted by Gasteiger charge is 2.14. The van der Waals surface area contributed by atoms with Crippen LogP contribution in [0.3, 0.4) is 0 Å². The number of benzene rings is 2.